The highest BCUT2D eigenvalue weighted by molar-refractivity contribution is 5.77. The topological polar surface area (TPSA) is 68.0 Å². The number of hydrogen-bond donors (Lipinski definition) is 0. The van der Waals surface area contributed by atoms with Gasteiger partial charge in [-0.25, -0.2) is 0 Å². The fraction of sp³-hybridized carbons (Fsp3) is 0.444. The molecule has 2 aromatic rings. The summed E-state index contributed by atoms with van der Waals surface area (Å²) in [6.45, 7) is 1.76. The summed E-state index contributed by atoms with van der Waals surface area (Å²) in [7, 11) is 7.06. The number of likely N-dealkylation sites (N-methyl/N-ethyl adjacent to an activating group) is 1. The van der Waals surface area contributed by atoms with E-state index in [1.807, 2.05) is 49.3 Å². The number of benzene rings is 1. The number of amides is 1. The molecule has 0 fully saturated rings. The number of carbonyl (C=O) groups excluding carboxylic acids is 1. The molecule has 1 aromatic heterocycles. The van der Waals surface area contributed by atoms with E-state index in [0.717, 1.165) is 12.1 Å². The Morgan fingerprint density at radius 1 is 1.20 bits per heavy atom. The van der Waals surface area contributed by atoms with Crippen LogP contribution >= 0.6 is 0 Å². The number of nitrogens with zero attached hydrogens (tertiary/aromatic N) is 3. The number of methoxy groups -OCH3 is 2. The van der Waals surface area contributed by atoms with Crippen LogP contribution < -0.4 is 4.74 Å². The summed E-state index contributed by atoms with van der Waals surface area (Å²) in [5, 5.41) is 4.10. The maximum Gasteiger partial charge on any atom is 0.248 e. The molecule has 0 saturated heterocycles. The molecule has 0 atom stereocenters. The third-order valence-electron chi connectivity index (χ3n) is 3.72. The molecule has 2 rings (SSSR count). The van der Waals surface area contributed by atoms with Gasteiger partial charge in [-0.3, -0.25) is 4.79 Å². The fourth-order valence-electron chi connectivity index (χ4n) is 2.38. The second kappa shape index (κ2) is 9.19. The van der Waals surface area contributed by atoms with Gasteiger partial charge in [-0.05, 0) is 26.2 Å². The van der Waals surface area contributed by atoms with E-state index in [9.17, 15) is 4.79 Å². The number of para-hydroxylation sites is 1. The second-order valence-electron chi connectivity index (χ2n) is 5.93. The van der Waals surface area contributed by atoms with Crippen molar-refractivity contribution in [2.24, 2.45) is 0 Å². The molecule has 1 amide bonds. The minimum Gasteiger partial charge on any atom is -0.496 e. The minimum absolute atomic E-state index is 0.0463. The predicted molar refractivity (Wildman–Crippen MR) is 94.3 cm³/mol. The zero-order chi connectivity index (χ0) is 18.2. The average Bonchev–Trinajstić information content (AvgIpc) is 3.07. The molecule has 0 spiro atoms. The van der Waals surface area contributed by atoms with Crippen molar-refractivity contribution in [3.8, 4) is 17.1 Å². The van der Waals surface area contributed by atoms with E-state index in [-0.39, 0.29) is 12.5 Å². The standard InChI is InChI=1S/C18H25N3O4/c1-20(2)9-10-21(18(22)13-23-3)12-14-11-17(25-19-14)15-7-5-6-8-16(15)24-4/h5-8,11H,9-10,12-13H2,1-4H3. The smallest absolute Gasteiger partial charge is 0.248 e. The van der Waals surface area contributed by atoms with E-state index in [0.29, 0.717) is 30.3 Å². The number of aromatic nitrogens is 1. The van der Waals surface area contributed by atoms with Gasteiger partial charge in [-0.15, -0.1) is 0 Å². The Balaban J connectivity index is 2.14. The van der Waals surface area contributed by atoms with Crippen molar-refractivity contribution in [1.82, 2.24) is 15.0 Å². The fourth-order valence-corrected chi connectivity index (χ4v) is 2.38. The van der Waals surface area contributed by atoms with Crippen LogP contribution in [0.5, 0.6) is 5.75 Å². The van der Waals surface area contributed by atoms with Gasteiger partial charge in [-0.1, -0.05) is 17.3 Å². The molecular weight excluding hydrogens is 322 g/mol. The third-order valence-corrected chi connectivity index (χ3v) is 3.72. The van der Waals surface area contributed by atoms with Crippen LogP contribution in [0.4, 0.5) is 0 Å². The minimum atomic E-state index is -0.0776. The van der Waals surface area contributed by atoms with Crippen LogP contribution in [0.1, 0.15) is 5.69 Å². The lowest BCUT2D eigenvalue weighted by molar-refractivity contribution is -0.136. The first kappa shape index (κ1) is 19.0. The molecule has 0 saturated carbocycles. The van der Waals surface area contributed by atoms with Crippen LogP contribution in [-0.2, 0) is 16.1 Å². The Morgan fingerprint density at radius 2 is 1.96 bits per heavy atom. The monoisotopic (exact) mass is 347 g/mol. The van der Waals surface area contributed by atoms with Crippen LogP contribution in [0.3, 0.4) is 0 Å². The molecule has 7 heteroatoms. The molecule has 0 N–H and O–H groups in total. The Bertz CT molecular complexity index is 684. The van der Waals surface area contributed by atoms with Gasteiger partial charge in [0.05, 0.1) is 19.2 Å². The van der Waals surface area contributed by atoms with Crippen LogP contribution in [0.2, 0.25) is 0 Å². The van der Waals surface area contributed by atoms with Crippen molar-refractivity contribution in [3.63, 3.8) is 0 Å². The van der Waals surface area contributed by atoms with Gasteiger partial charge in [0.15, 0.2) is 5.76 Å². The average molecular weight is 347 g/mol. The van der Waals surface area contributed by atoms with E-state index in [2.05, 4.69) is 5.16 Å². The molecule has 7 nitrogen and oxygen atoms in total. The number of rotatable bonds is 9. The second-order valence-corrected chi connectivity index (χ2v) is 5.93. The zero-order valence-corrected chi connectivity index (χ0v) is 15.2. The normalized spacial score (nSPS) is 10.9. The lowest BCUT2D eigenvalue weighted by Crippen LogP contribution is -2.38. The SMILES string of the molecule is COCC(=O)N(CCN(C)C)Cc1cc(-c2ccccc2OC)on1. The molecule has 0 unspecified atom stereocenters. The van der Waals surface area contributed by atoms with Crippen molar-refractivity contribution >= 4 is 5.91 Å². The summed E-state index contributed by atoms with van der Waals surface area (Å²) < 4.78 is 15.8. The molecular formula is C18H25N3O4. The van der Waals surface area contributed by atoms with Gasteiger partial charge >= 0.3 is 0 Å². The summed E-state index contributed by atoms with van der Waals surface area (Å²) in [6.07, 6.45) is 0. The predicted octanol–water partition coefficient (Wildman–Crippen LogP) is 1.89. The van der Waals surface area contributed by atoms with Crippen LogP contribution in [0.15, 0.2) is 34.9 Å². The largest absolute Gasteiger partial charge is 0.496 e. The molecule has 0 radical (unpaired) electrons. The molecule has 136 valence electrons. The molecule has 0 aliphatic heterocycles. The van der Waals surface area contributed by atoms with Crippen molar-refractivity contribution in [3.05, 3.63) is 36.0 Å². The highest BCUT2D eigenvalue weighted by atomic mass is 16.5. The van der Waals surface area contributed by atoms with Crippen LogP contribution in [-0.4, -0.2) is 68.9 Å². The van der Waals surface area contributed by atoms with Gasteiger partial charge in [-0.2, -0.15) is 0 Å². The highest BCUT2D eigenvalue weighted by Crippen LogP contribution is 2.30. The van der Waals surface area contributed by atoms with Gasteiger partial charge < -0.3 is 23.8 Å². The van der Waals surface area contributed by atoms with Crippen molar-refractivity contribution < 1.29 is 18.8 Å². The molecule has 1 heterocycles. The molecule has 1 aromatic carbocycles. The molecule has 0 aliphatic rings. The molecule has 0 bridgehead atoms. The Kier molecular flexibility index (Phi) is 6.97. The van der Waals surface area contributed by atoms with E-state index in [1.165, 1.54) is 7.11 Å². The van der Waals surface area contributed by atoms with Crippen LogP contribution in [0.25, 0.3) is 11.3 Å². The Morgan fingerprint density at radius 3 is 2.64 bits per heavy atom. The van der Waals surface area contributed by atoms with Crippen molar-refractivity contribution in [2.45, 2.75) is 6.54 Å². The summed E-state index contributed by atoms with van der Waals surface area (Å²) in [5.41, 5.74) is 1.51. The first-order chi connectivity index (χ1) is 12.0. The summed E-state index contributed by atoms with van der Waals surface area (Å²) >= 11 is 0. The van der Waals surface area contributed by atoms with Gasteiger partial charge in [0.1, 0.15) is 18.1 Å². The lowest BCUT2D eigenvalue weighted by Gasteiger charge is -2.23. The van der Waals surface area contributed by atoms with Gasteiger partial charge in [0.2, 0.25) is 5.91 Å². The Labute approximate surface area is 148 Å². The zero-order valence-electron chi connectivity index (χ0n) is 15.2. The van der Waals surface area contributed by atoms with E-state index in [4.69, 9.17) is 14.0 Å². The van der Waals surface area contributed by atoms with Crippen LogP contribution in [0, 0.1) is 0 Å². The first-order valence-electron chi connectivity index (χ1n) is 8.05. The molecule has 0 aliphatic carbocycles. The van der Waals surface area contributed by atoms with E-state index < -0.39 is 0 Å². The highest BCUT2D eigenvalue weighted by Gasteiger charge is 2.17. The number of carbonyl (C=O) groups is 1. The van der Waals surface area contributed by atoms with E-state index >= 15 is 0 Å². The van der Waals surface area contributed by atoms with Gasteiger partial charge in [0.25, 0.3) is 0 Å². The summed E-state index contributed by atoms with van der Waals surface area (Å²) in [5.74, 6) is 1.25. The molecule has 25 heavy (non-hydrogen) atoms. The lowest BCUT2D eigenvalue weighted by atomic mass is 10.1. The summed E-state index contributed by atoms with van der Waals surface area (Å²) in [4.78, 5) is 16.0. The van der Waals surface area contributed by atoms with Crippen molar-refractivity contribution in [1.29, 1.82) is 0 Å². The third kappa shape index (κ3) is 5.30. The first-order valence-corrected chi connectivity index (χ1v) is 8.05. The maximum absolute atomic E-state index is 12.2. The quantitative estimate of drug-likeness (QED) is 0.690. The van der Waals surface area contributed by atoms with Crippen molar-refractivity contribution in [2.75, 3.05) is 48.0 Å². The van der Waals surface area contributed by atoms with E-state index in [1.54, 1.807) is 12.0 Å². The maximum atomic E-state index is 12.2. The Hall–Kier alpha value is -2.38. The number of hydrogen-bond acceptors (Lipinski definition) is 6. The number of ether oxygens (including phenoxy) is 2. The van der Waals surface area contributed by atoms with Gasteiger partial charge in [0, 0.05) is 26.3 Å². The summed E-state index contributed by atoms with van der Waals surface area (Å²) in [6, 6.07) is 9.41.